The Labute approximate surface area is 201 Å². The molecule has 0 fully saturated rings. The molecule has 0 radical (unpaired) electrons. The lowest BCUT2D eigenvalue weighted by molar-refractivity contribution is -0.121. The summed E-state index contributed by atoms with van der Waals surface area (Å²) < 4.78 is 31.8. The highest BCUT2D eigenvalue weighted by Crippen LogP contribution is 2.28. The molecule has 0 aliphatic carbocycles. The van der Waals surface area contributed by atoms with Gasteiger partial charge in [-0.1, -0.05) is 53.7 Å². The molecule has 0 saturated carbocycles. The molecule has 0 spiro atoms. The molecule has 9 nitrogen and oxygen atoms in total. The number of nitrogens with zero attached hydrogens (tertiary/aromatic N) is 3. The number of nitrogens with one attached hydrogen (secondary N) is 2. The normalized spacial score (nSPS) is 11.5. The second-order valence-electron chi connectivity index (χ2n) is 6.82. The quantitative estimate of drug-likeness (QED) is 0.301. The molecule has 0 aliphatic heterocycles. The fourth-order valence-electron chi connectivity index (χ4n) is 2.81. The summed E-state index contributed by atoms with van der Waals surface area (Å²) in [5, 5.41) is 10.5. The van der Waals surface area contributed by atoms with Crippen molar-refractivity contribution < 1.29 is 17.9 Å². The van der Waals surface area contributed by atoms with Gasteiger partial charge in [-0.15, -0.1) is 5.10 Å². The molecule has 2 N–H and O–H groups in total. The number of ether oxygens (including phenoxy) is 1. The number of halogens is 1. The van der Waals surface area contributed by atoms with Gasteiger partial charge in [0, 0.05) is 24.9 Å². The number of thioether (sulfide) groups is 1. The summed E-state index contributed by atoms with van der Waals surface area (Å²) in [4.78, 5) is 16.6. The van der Waals surface area contributed by atoms with E-state index in [1.54, 1.807) is 6.92 Å². The first kappa shape index (κ1) is 25.0. The Morgan fingerprint density at radius 1 is 1.24 bits per heavy atom. The number of amides is 1. The van der Waals surface area contributed by atoms with Crippen LogP contribution in [0.1, 0.15) is 6.92 Å². The monoisotopic (exact) mass is 509 g/mol. The Hall–Kier alpha value is -2.60. The smallest absolute Gasteiger partial charge is 0.243 e. The van der Waals surface area contributed by atoms with Gasteiger partial charge in [-0.05, 0) is 25.1 Å². The third kappa shape index (κ3) is 6.70. The van der Waals surface area contributed by atoms with Crippen LogP contribution in [0, 0.1) is 0 Å². The fraction of sp³-hybridized carbons (Fsp3) is 0.286. The number of H-pyrrole nitrogens is 1. The van der Waals surface area contributed by atoms with Gasteiger partial charge in [0.15, 0.2) is 5.82 Å². The standard InChI is InChI=1S/C21H24ClN5O4S2/c1-3-31-18-10-9-16(13-17(18)22)33(29,30)27(2)14-19(28)23-11-12-32-21-24-20(25-26-21)15-7-5-4-6-8-15/h4-10,13H,3,11-12,14H2,1-2H3,(H,23,28)(H,24,25,26). The molecule has 2 aromatic carbocycles. The summed E-state index contributed by atoms with van der Waals surface area (Å²) in [7, 11) is -2.54. The van der Waals surface area contributed by atoms with Crippen LogP contribution < -0.4 is 10.1 Å². The van der Waals surface area contributed by atoms with Crippen molar-refractivity contribution in [2.24, 2.45) is 0 Å². The minimum Gasteiger partial charge on any atom is -0.492 e. The first-order chi connectivity index (χ1) is 15.8. The number of likely N-dealkylation sites (N-methyl/N-ethyl adjacent to an activating group) is 1. The predicted octanol–water partition coefficient (Wildman–Crippen LogP) is 3.05. The van der Waals surface area contributed by atoms with Crippen molar-refractivity contribution in [2.75, 3.05) is 32.5 Å². The summed E-state index contributed by atoms with van der Waals surface area (Å²) in [5.41, 5.74) is 0.934. The van der Waals surface area contributed by atoms with Crippen molar-refractivity contribution in [1.82, 2.24) is 24.8 Å². The van der Waals surface area contributed by atoms with Gasteiger partial charge >= 0.3 is 0 Å². The van der Waals surface area contributed by atoms with Crippen molar-refractivity contribution >= 4 is 39.3 Å². The number of hydrogen-bond acceptors (Lipinski definition) is 7. The van der Waals surface area contributed by atoms with E-state index in [0.717, 1.165) is 9.87 Å². The van der Waals surface area contributed by atoms with Crippen LogP contribution in [0.4, 0.5) is 0 Å². The van der Waals surface area contributed by atoms with Crippen LogP contribution in [0.2, 0.25) is 5.02 Å². The Balaban J connectivity index is 1.46. The molecule has 33 heavy (non-hydrogen) atoms. The zero-order valence-electron chi connectivity index (χ0n) is 18.1. The zero-order valence-corrected chi connectivity index (χ0v) is 20.5. The molecule has 0 unspecified atom stereocenters. The van der Waals surface area contributed by atoms with Crippen LogP contribution in [0.5, 0.6) is 5.75 Å². The Morgan fingerprint density at radius 3 is 2.70 bits per heavy atom. The van der Waals surface area contributed by atoms with Gasteiger partial charge in [-0.2, -0.15) is 4.31 Å². The largest absolute Gasteiger partial charge is 0.492 e. The molecule has 176 valence electrons. The van der Waals surface area contributed by atoms with Crippen molar-refractivity contribution in [1.29, 1.82) is 0 Å². The minimum atomic E-state index is -3.88. The minimum absolute atomic E-state index is 0.0133. The number of carbonyl (C=O) groups excluding carboxylic acids is 1. The van der Waals surface area contributed by atoms with E-state index in [1.165, 1.54) is 37.0 Å². The van der Waals surface area contributed by atoms with Gasteiger partial charge in [0.1, 0.15) is 5.75 Å². The number of aromatic amines is 1. The van der Waals surface area contributed by atoms with Crippen LogP contribution in [0.15, 0.2) is 58.6 Å². The molecule has 3 rings (SSSR count). The number of carbonyl (C=O) groups is 1. The summed E-state index contributed by atoms with van der Waals surface area (Å²) in [6.07, 6.45) is 0. The molecular weight excluding hydrogens is 486 g/mol. The molecule has 3 aromatic rings. The summed E-state index contributed by atoms with van der Waals surface area (Å²) in [6, 6.07) is 13.8. The maximum Gasteiger partial charge on any atom is 0.243 e. The number of aromatic nitrogens is 3. The van der Waals surface area contributed by atoms with E-state index in [4.69, 9.17) is 16.3 Å². The molecule has 1 heterocycles. The van der Waals surface area contributed by atoms with Crippen LogP contribution in [0.25, 0.3) is 11.4 Å². The number of sulfonamides is 1. The summed E-state index contributed by atoms with van der Waals surface area (Å²) in [6.45, 7) is 2.23. The second kappa shape index (κ2) is 11.5. The lowest BCUT2D eigenvalue weighted by atomic mass is 10.2. The van der Waals surface area contributed by atoms with Gasteiger partial charge in [0.25, 0.3) is 0 Å². The van der Waals surface area contributed by atoms with E-state index in [9.17, 15) is 13.2 Å². The molecule has 1 aromatic heterocycles. The highest BCUT2D eigenvalue weighted by atomic mass is 35.5. The maximum absolute atomic E-state index is 12.7. The molecule has 0 bridgehead atoms. The number of hydrogen-bond donors (Lipinski definition) is 2. The van der Waals surface area contributed by atoms with E-state index < -0.39 is 15.9 Å². The maximum atomic E-state index is 12.7. The van der Waals surface area contributed by atoms with E-state index in [1.807, 2.05) is 30.3 Å². The molecule has 0 aliphatic rings. The SMILES string of the molecule is CCOc1ccc(S(=O)(=O)N(C)CC(=O)NCCSc2n[nH]c(-c3ccccc3)n2)cc1Cl. The second-order valence-corrected chi connectivity index (χ2v) is 10.3. The molecular formula is C21H24ClN5O4S2. The predicted molar refractivity (Wildman–Crippen MR) is 128 cm³/mol. The summed E-state index contributed by atoms with van der Waals surface area (Å²) in [5.74, 6) is 1.18. The van der Waals surface area contributed by atoms with E-state index >= 15 is 0 Å². The van der Waals surface area contributed by atoms with Gasteiger partial charge < -0.3 is 10.1 Å². The third-order valence-electron chi connectivity index (χ3n) is 4.45. The average Bonchev–Trinajstić information content (AvgIpc) is 3.27. The average molecular weight is 510 g/mol. The highest BCUT2D eigenvalue weighted by Gasteiger charge is 2.24. The molecule has 1 amide bonds. The first-order valence-corrected chi connectivity index (χ1v) is 12.9. The molecule has 0 saturated heterocycles. The van der Waals surface area contributed by atoms with Gasteiger partial charge in [-0.3, -0.25) is 9.89 Å². The Kier molecular flexibility index (Phi) is 8.73. The Morgan fingerprint density at radius 2 is 2.00 bits per heavy atom. The number of benzene rings is 2. The van der Waals surface area contributed by atoms with Crippen molar-refractivity contribution in [3.8, 4) is 17.1 Å². The van der Waals surface area contributed by atoms with Crippen LogP contribution >= 0.6 is 23.4 Å². The fourth-order valence-corrected chi connectivity index (χ4v) is 4.91. The van der Waals surface area contributed by atoms with Crippen molar-refractivity contribution in [3.63, 3.8) is 0 Å². The van der Waals surface area contributed by atoms with Crippen molar-refractivity contribution in [2.45, 2.75) is 17.0 Å². The van der Waals surface area contributed by atoms with Gasteiger partial charge in [0.2, 0.25) is 21.1 Å². The van der Waals surface area contributed by atoms with Gasteiger partial charge in [-0.25, -0.2) is 13.4 Å². The van der Waals surface area contributed by atoms with Crippen LogP contribution in [-0.2, 0) is 14.8 Å². The lowest BCUT2D eigenvalue weighted by Crippen LogP contribution is -2.39. The van der Waals surface area contributed by atoms with E-state index in [-0.39, 0.29) is 16.5 Å². The van der Waals surface area contributed by atoms with Crippen LogP contribution in [0.3, 0.4) is 0 Å². The third-order valence-corrected chi connectivity index (χ3v) is 7.39. The lowest BCUT2D eigenvalue weighted by Gasteiger charge is -2.17. The van der Waals surface area contributed by atoms with Crippen molar-refractivity contribution in [3.05, 3.63) is 53.6 Å². The Bertz CT molecular complexity index is 1190. The molecule has 12 heteroatoms. The van der Waals surface area contributed by atoms with Gasteiger partial charge in [0.05, 0.1) is 23.1 Å². The zero-order chi connectivity index (χ0) is 23.8. The molecule has 0 atom stereocenters. The topological polar surface area (TPSA) is 117 Å². The van der Waals surface area contributed by atoms with E-state index in [0.29, 0.717) is 35.6 Å². The summed E-state index contributed by atoms with van der Waals surface area (Å²) >= 11 is 7.47. The van der Waals surface area contributed by atoms with E-state index in [2.05, 4.69) is 20.5 Å². The van der Waals surface area contributed by atoms with Crippen LogP contribution in [-0.4, -0.2) is 66.3 Å². The first-order valence-electron chi connectivity index (χ1n) is 10.1. The number of rotatable bonds is 11. The highest BCUT2D eigenvalue weighted by molar-refractivity contribution is 7.99.